The zero-order chi connectivity index (χ0) is 17.1. The van der Waals surface area contributed by atoms with Crippen molar-refractivity contribution in [3.63, 3.8) is 0 Å². The van der Waals surface area contributed by atoms with Crippen LogP contribution in [0.5, 0.6) is 0 Å². The molecule has 1 amide bonds. The number of carbonyl (C=O) groups excluding carboxylic acids is 1. The molecule has 0 radical (unpaired) electrons. The lowest BCUT2D eigenvalue weighted by Gasteiger charge is -2.32. The standard InChI is InChI=1S/C21H21N3O/c25-21(24-15-10-18(11-16-24)23-13-3-4-14-23)8-7-17-9-12-22-20-6-2-1-5-19(17)20/h1-9,12-14,18H,10-11,15-16H2/b8-7-. The summed E-state index contributed by atoms with van der Waals surface area (Å²) >= 11 is 0. The van der Waals surface area contributed by atoms with Crippen molar-refractivity contribution in [1.29, 1.82) is 0 Å². The second-order valence-corrected chi connectivity index (χ2v) is 6.44. The molecule has 1 aliphatic heterocycles. The molecule has 0 N–H and O–H groups in total. The summed E-state index contributed by atoms with van der Waals surface area (Å²) in [5.41, 5.74) is 1.98. The number of pyridine rings is 1. The normalized spacial score (nSPS) is 15.9. The van der Waals surface area contributed by atoms with Gasteiger partial charge in [0.1, 0.15) is 0 Å². The van der Waals surface area contributed by atoms with E-state index in [1.54, 1.807) is 12.3 Å². The predicted octanol–water partition coefficient (Wildman–Crippen LogP) is 3.91. The second-order valence-electron chi connectivity index (χ2n) is 6.44. The van der Waals surface area contributed by atoms with Crippen LogP contribution in [0.1, 0.15) is 24.4 Å². The molecule has 4 heteroatoms. The van der Waals surface area contributed by atoms with Gasteiger partial charge >= 0.3 is 0 Å². The summed E-state index contributed by atoms with van der Waals surface area (Å²) in [4.78, 5) is 18.8. The maximum absolute atomic E-state index is 12.5. The van der Waals surface area contributed by atoms with Gasteiger partial charge in [0.15, 0.2) is 0 Å². The van der Waals surface area contributed by atoms with E-state index in [1.165, 1.54) is 0 Å². The Morgan fingerprint density at radius 3 is 2.60 bits per heavy atom. The molecule has 2 aromatic heterocycles. The predicted molar refractivity (Wildman–Crippen MR) is 100 cm³/mol. The van der Waals surface area contributed by atoms with Gasteiger partial charge in [-0.15, -0.1) is 0 Å². The Balaban J connectivity index is 1.43. The Labute approximate surface area is 147 Å². The lowest BCUT2D eigenvalue weighted by molar-refractivity contribution is -0.127. The Morgan fingerprint density at radius 2 is 1.80 bits per heavy atom. The average molecular weight is 331 g/mol. The van der Waals surface area contributed by atoms with Crippen molar-refractivity contribution in [1.82, 2.24) is 14.5 Å². The van der Waals surface area contributed by atoms with Gasteiger partial charge in [0, 0.05) is 49.2 Å². The van der Waals surface area contributed by atoms with E-state index in [-0.39, 0.29) is 5.91 Å². The largest absolute Gasteiger partial charge is 0.351 e. The fourth-order valence-electron chi connectivity index (χ4n) is 3.51. The van der Waals surface area contributed by atoms with Crippen LogP contribution in [0.3, 0.4) is 0 Å². The second kappa shape index (κ2) is 6.93. The molecule has 4 rings (SSSR count). The number of hydrogen-bond acceptors (Lipinski definition) is 2. The molecule has 1 aromatic carbocycles. The number of nitrogens with zero attached hydrogens (tertiary/aromatic N) is 3. The summed E-state index contributed by atoms with van der Waals surface area (Å²) in [6.07, 6.45) is 11.6. The molecule has 0 saturated carbocycles. The van der Waals surface area contributed by atoms with E-state index >= 15 is 0 Å². The van der Waals surface area contributed by atoms with Gasteiger partial charge in [0.05, 0.1) is 5.52 Å². The van der Waals surface area contributed by atoms with E-state index in [0.717, 1.165) is 42.4 Å². The number of amides is 1. The molecule has 3 heterocycles. The van der Waals surface area contributed by atoms with E-state index in [9.17, 15) is 4.79 Å². The molecule has 0 spiro atoms. The topological polar surface area (TPSA) is 38.1 Å². The first kappa shape index (κ1) is 15.6. The van der Waals surface area contributed by atoms with Crippen molar-refractivity contribution < 1.29 is 4.79 Å². The molecule has 1 aliphatic rings. The Morgan fingerprint density at radius 1 is 1.04 bits per heavy atom. The molecule has 126 valence electrons. The van der Waals surface area contributed by atoms with Crippen LogP contribution in [0.15, 0.2) is 67.1 Å². The summed E-state index contributed by atoms with van der Waals surface area (Å²) in [5.74, 6) is 0.0897. The summed E-state index contributed by atoms with van der Waals surface area (Å²) in [7, 11) is 0. The Hall–Kier alpha value is -2.88. The highest BCUT2D eigenvalue weighted by Crippen LogP contribution is 2.23. The minimum absolute atomic E-state index is 0.0897. The van der Waals surface area contributed by atoms with Crippen molar-refractivity contribution in [2.45, 2.75) is 18.9 Å². The first-order chi connectivity index (χ1) is 12.3. The first-order valence-corrected chi connectivity index (χ1v) is 8.74. The number of para-hydroxylation sites is 1. The SMILES string of the molecule is O=C(/C=C\c1ccnc2ccccc12)N1CCC(n2cccc2)CC1. The lowest BCUT2D eigenvalue weighted by Crippen LogP contribution is -2.37. The van der Waals surface area contributed by atoms with Gasteiger partial charge in [0.2, 0.25) is 5.91 Å². The van der Waals surface area contributed by atoms with Gasteiger partial charge in [0.25, 0.3) is 0 Å². The number of benzene rings is 1. The molecule has 3 aromatic rings. The van der Waals surface area contributed by atoms with Crippen LogP contribution in [0.2, 0.25) is 0 Å². The summed E-state index contributed by atoms with van der Waals surface area (Å²) < 4.78 is 2.25. The van der Waals surface area contributed by atoms with Gasteiger partial charge < -0.3 is 9.47 Å². The summed E-state index contributed by atoms with van der Waals surface area (Å²) in [5, 5.41) is 1.07. The molecule has 25 heavy (non-hydrogen) atoms. The quantitative estimate of drug-likeness (QED) is 0.682. The van der Waals surface area contributed by atoms with Crippen LogP contribution in [-0.2, 0) is 4.79 Å². The molecule has 1 fully saturated rings. The zero-order valence-electron chi connectivity index (χ0n) is 14.1. The van der Waals surface area contributed by atoms with Gasteiger partial charge in [-0.2, -0.15) is 0 Å². The number of piperidine rings is 1. The first-order valence-electron chi connectivity index (χ1n) is 8.74. The van der Waals surface area contributed by atoms with E-state index < -0.39 is 0 Å². The highest BCUT2D eigenvalue weighted by atomic mass is 16.2. The van der Waals surface area contributed by atoms with Crippen LogP contribution in [-0.4, -0.2) is 33.4 Å². The number of rotatable bonds is 3. The van der Waals surface area contributed by atoms with E-state index in [4.69, 9.17) is 0 Å². The van der Waals surface area contributed by atoms with Crippen molar-refractivity contribution in [3.8, 4) is 0 Å². The van der Waals surface area contributed by atoms with Gasteiger partial charge in [-0.05, 0) is 48.7 Å². The third-order valence-electron chi connectivity index (χ3n) is 4.91. The Bertz CT molecular complexity index is 885. The number of aromatic nitrogens is 2. The third kappa shape index (κ3) is 3.33. The Kier molecular flexibility index (Phi) is 4.34. The van der Waals surface area contributed by atoms with Gasteiger partial charge in [-0.1, -0.05) is 18.2 Å². The molecule has 4 nitrogen and oxygen atoms in total. The summed E-state index contributed by atoms with van der Waals surface area (Å²) in [6, 6.07) is 14.6. The number of fused-ring (bicyclic) bond motifs is 1. The lowest BCUT2D eigenvalue weighted by atomic mass is 10.0. The van der Waals surface area contributed by atoms with Crippen LogP contribution < -0.4 is 0 Å². The van der Waals surface area contributed by atoms with Crippen LogP contribution in [0.4, 0.5) is 0 Å². The van der Waals surface area contributed by atoms with E-state index in [2.05, 4.69) is 34.1 Å². The number of carbonyl (C=O) groups is 1. The smallest absolute Gasteiger partial charge is 0.246 e. The molecule has 0 bridgehead atoms. The maximum atomic E-state index is 12.5. The fourth-order valence-corrected chi connectivity index (χ4v) is 3.51. The van der Waals surface area contributed by atoms with Crippen molar-refractivity contribution in [2.24, 2.45) is 0 Å². The van der Waals surface area contributed by atoms with Gasteiger partial charge in [-0.25, -0.2) is 0 Å². The van der Waals surface area contributed by atoms with E-state index in [0.29, 0.717) is 6.04 Å². The van der Waals surface area contributed by atoms with Crippen LogP contribution in [0, 0.1) is 0 Å². The minimum atomic E-state index is 0.0897. The van der Waals surface area contributed by atoms with E-state index in [1.807, 2.05) is 41.3 Å². The third-order valence-corrected chi connectivity index (χ3v) is 4.91. The number of likely N-dealkylation sites (tertiary alicyclic amines) is 1. The molecule has 0 aliphatic carbocycles. The fraction of sp³-hybridized carbons (Fsp3) is 0.238. The van der Waals surface area contributed by atoms with Crippen LogP contribution >= 0.6 is 0 Å². The highest BCUT2D eigenvalue weighted by molar-refractivity contribution is 5.95. The summed E-state index contributed by atoms with van der Waals surface area (Å²) in [6.45, 7) is 1.62. The molecule has 0 unspecified atom stereocenters. The molecule has 1 saturated heterocycles. The molecule has 0 atom stereocenters. The zero-order valence-corrected chi connectivity index (χ0v) is 14.1. The molecular formula is C21H21N3O. The van der Waals surface area contributed by atoms with Crippen molar-refractivity contribution in [2.75, 3.05) is 13.1 Å². The number of hydrogen-bond donors (Lipinski definition) is 0. The van der Waals surface area contributed by atoms with Crippen molar-refractivity contribution in [3.05, 3.63) is 72.7 Å². The van der Waals surface area contributed by atoms with Crippen molar-refractivity contribution >= 4 is 22.9 Å². The molecular weight excluding hydrogens is 310 g/mol. The monoisotopic (exact) mass is 331 g/mol. The van der Waals surface area contributed by atoms with Gasteiger partial charge in [-0.3, -0.25) is 9.78 Å². The maximum Gasteiger partial charge on any atom is 0.246 e. The highest BCUT2D eigenvalue weighted by Gasteiger charge is 2.22. The minimum Gasteiger partial charge on any atom is -0.351 e. The van der Waals surface area contributed by atoms with Crippen LogP contribution in [0.25, 0.3) is 17.0 Å². The average Bonchev–Trinajstić information content (AvgIpc) is 3.21.